The molecule has 2 heterocycles. The van der Waals surface area contributed by atoms with Gasteiger partial charge in [-0.05, 0) is 31.1 Å². The van der Waals surface area contributed by atoms with Gasteiger partial charge < -0.3 is 20.1 Å². The zero-order valence-corrected chi connectivity index (χ0v) is 12.0. The summed E-state index contributed by atoms with van der Waals surface area (Å²) in [6.45, 7) is 5.28. The summed E-state index contributed by atoms with van der Waals surface area (Å²) < 4.78 is 5.39. The van der Waals surface area contributed by atoms with Gasteiger partial charge in [0.25, 0.3) is 0 Å². The van der Waals surface area contributed by atoms with Gasteiger partial charge >= 0.3 is 12.0 Å². The number of carboxylic acids is 1. The van der Waals surface area contributed by atoms with Gasteiger partial charge in [0.2, 0.25) is 0 Å². The SMILES string of the molecule is CC1COCCC1CNC(=O)N1CCCC(C(=O)O)C1. The van der Waals surface area contributed by atoms with Gasteiger partial charge in [-0.2, -0.15) is 0 Å². The fraction of sp³-hybridized carbons (Fsp3) is 0.857. The first-order valence-electron chi connectivity index (χ1n) is 7.41. The Bertz CT molecular complexity index is 361. The van der Waals surface area contributed by atoms with E-state index in [2.05, 4.69) is 12.2 Å². The van der Waals surface area contributed by atoms with Crippen molar-refractivity contribution in [2.75, 3.05) is 32.8 Å². The Morgan fingerprint density at radius 3 is 2.90 bits per heavy atom. The van der Waals surface area contributed by atoms with Crippen molar-refractivity contribution in [3.63, 3.8) is 0 Å². The van der Waals surface area contributed by atoms with E-state index in [4.69, 9.17) is 9.84 Å². The lowest BCUT2D eigenvalue weighted by atomic mass is 9.90. The van der Waals surface area contributed by atoms with Crippen molar-refractivity contribution in [3.8, 4) is 0 Å². The lowest BCUT2D eigenvalue weighted by molar-refractivity contribution is -0.143. The minimum Gasteiger partial charge on any atom is -0.481 e. The van der Waals surface area contributed by atoms with Crippen LogP contribution in [-0.2, 0) is 9.53 Å². The highest BCUT2D eigenvalue weighted by Crippen LogP contribution is 2.21. The van der Waals surface area contributed by atoms with Gasteiger partial charge in [-0.25, -0.2) is 4.79 Å². The quantitative estimate of drug-likeness (QED) is 0.815. The number of aliphatic carboxylic acids is 1. The van der Waals surface area contributed by atoms with Crippen LogP contribution in [0.3, 0.4) is 0 Å². The maximum absolute atomic E-state index is 12.1. The highest BCUT2D eigenvalue weighted by atomic mass is 16.5. The molecule has 2 N–H and O–H groups in total. The van der Waals surface area contributed by atoms with Crippen molar-refractivity contribution >= 4 is 12.0 Å². The average Bonchev–Trinajstić information content (AvgIpc) is 2.46. The van der Waals surface area contributed by atoms with Gasteiger partial charge in [0, 0.05) is 32.8 Å². The van der Waals surface area contributed by atoms with E-state index in [1.54, 1.807) is 4.90 Å². The molecule has 0 aromatic rings. The third-order valence-electron chi connectivity index (χ3n) is 4.39. The molecule has 3 atom stereocenters. The largest absolute Gasteiger partial charge is 0.481 e. The fourth-order valence-electron chi connectivity index (χ4n) is 2.92. The standard InChI is InChI=1S/C14H24N2O4/c1-10-9-20-6-4-11(10)7-15-14(19)16-5-2-3-12(8-16)13(17)18/h10-12H,2-9H2,1H3,(H,15,19)(H,17,18). The Labute approximate surface area is 119 Å². The minimum atomic E-state index is -0.805. The third-order valence-corrected chi connectivity index (χ3v) is 4.39. The molecular formula is C14H24N2O4. The first-order chi connectivity index (χ1) is 9.58. The van der Waals surface area contributed by atoms with Crippen LogP contribution in [0.15, 0.2) is 0 Å². The summed E-state index contributed by atoms with van der Waals surface area (Å²) in [5.41, 5.74) is 0. The number of piperidine rings is 1. The van der Waals surface area contributed by atoms with E-state index in [9.17, 15) is 9.59 Å². The number of nitrogens with one attached hydrogen (secondary N) is 1. The zero-order valence-electron chi connectivity index (χ0n) is 12.0. The molecule has 2 amide bonds. The molecule has 0 radical (unpaired) electrons. The summed E-state index contributed by atoms with van der Waals surface area (Å²) in [4.78, 5) is 24.7. The molecule has 114 valence electrons. The number of rotatable bonds is 3. The Hall–Kier alpha value is -1.30. The first-order valence-corrected chi connectivity index (χ1v) is 7.41. The summed E-state index contributed by atoms with van der Waals surface area (Å²) in [6.07, 6.45) is 2.40. The Morgan fingerprint density at radius 2 is 2.20 bits per heavy atom. The van der Waals surface area contributed by atoms with E-state index in [1.165, 1.54) is 0 Å². The van der Waals surface area contributed by atoms with E-state index >= 15 is 0 Å². The van der Waals surface area contributed by atoms with Gasteiger partial charge in [0.1, 0.15) is 0 Å². The number of urea groups is 1. The van der Waals surface area contributed by atoms with Crippen LogP contribution in [0.25, 0.3) is 0 Å². The zero-order chi connectivity index (χ0) is 14.5. The van der Waals surface area contributed by atoms with Crippen LogP contribution < -0.4 is 5.32 Å². The van der Waals surface area contributed by atoms with Gasteiger partial charge in [-0.1, -0.05) is 6.92 Å². The molecule has 2 aliphatic rings. The van der Waals surface area contributed by atoms with Gasteiger partial charge in [0.15, 0.2) is 0 Å². The number of likely N-dealkylation sites (tertiary alicyclic amines) is 1. The smallest absolute Gasteiger partial charge is 0.317 e. The van der Waals surface area contributed by atoms with Gasteiger partial charge in [0.05, 0.1) is 5.92 Å². The highest BCUT2D eigenvalue weighted by Gasteiger charge is 2.29. The molecule has 0 saturated carbocycles. The second-order valence-electron chi connectivity index (χ2n) is 5.91. The van der Waals surface area contributed by atoms with Crippen molar-refractivity contribution < 1.29 is 19.4 Å². The number of carbonyl (C=O) groups excluding carboxylic acids is 1. The second-order valence-corrected chi connectivity index (χ2v) is 5.91. The number of carboxylic acid groups (broad SMARTS) is 1. The van der Waals surface area contributed by atoms with E-state index in [0.29, 0.717) is 37.9 Å². The van der Waals surface area contributed by atoms with Crippen molar-refractivity contribution in [1.82, 2.24) is 10.2 Å². The molecule has 6 heteroatoms. The van der Waals surface area contributed by atoms with E-state index in [-0.39, 0.29) is 6.03 Å². The van der Waals surface area contributed by atoms with E-state index in [1.807, 2.05) is 0 Å². The average molecular weight is 284 g/mol. The number of carbonyl (C=O) groups is 2. The van der Waals surface area contributed by atoms with Crippen LogP contribution >= 0.6 is 0 Å². The molecule has 2 rings (SSSR count). The molecule has 0 aliphatic carbocycles. The highest BCUT2D eigenvalue weighted by molar-refractivity contribution is 5.76. The van der Waals surface area contributed by atoms with Crippen LogP contribution in [0.4, 0.5) is 4.79 Å². The van der Waals surface area contributed by atoms with Crippen LogP contribution in [0, 0.1) is 17.8 Å². The second kappa shape index (κ2) is 6.92. The van der Waals surface area contributed by atoms with Crippen molar-refractivity contribution in [3.05, 3.63) is 0 Å². The molecular weight excluding hydrogens is 260 g/mol. The molecule has 6 nitrogen and oxygen atoms in total. The summed E-state index contributed by atoms with van der Waals surface area (Å²) >= 11 is 0. The normalized spacial score (nSPS) is 30.9. The fourth-order valence-corrected chi connectivity index (χ4v) is 2.92. The number of ether oxygens (including phenoxy) is 1. The van der Waals surface area contributed by atoms with Crippen LogP contribution in [0.5, 0.6) is 0 Å². The minimum absolute atomic E-state index is 0.130. The topological polar surface area (TPSA) is 78.9 Å². The lowest BCUT2D eigenvalue weighted by Crippen LogP contribution is -2.48. The van der Waals surface area contributed by atoms with Crippen molar-refractivity contribution in [1.29, 1.82) is 0 Å². The van der Waals surface area contributed by atoms with Crippen LogP contribution in [0.1, 0.15) is 26.2 Å². The molecule has 0 spiro atoms. The predicted molar refractivity (Wildman–Crippen MR) is 73.4 cm³/mol. The number of amides is 2. The molecule has 2 saturated heterocycles. The van der Waals surface area contributed by atoms with Crippen LogP contribution in [0.2, 0.25) is 0 Å². The van der Waals surface area contributed by atoms with Crippen molar-refractivity contribution in [2.45, 2.75) is 26.2 Å². The Morgan fingerprint density at radius 1 is 1.40 bits per heavy atom. The molecule has 2 aliphatic heterocycles. The summed E-state index contributed by atoms with van der Waals surface area (Å²) in [7, 11) is 0. The summed E-state index contributed by atoms with van der Waals surface area (Å²) in [6, 6.07) is -0.130. The molecule has 0 aromatic heterocycles. The maximum Gasteiger partial charge on any atom is 0.317 e. The third kappa shape index (κ3) is 3.85. The predicted octanol–water partition coefficient (Wildman–Crippen LogP) is 1.17. The first kappa shape index (κ1) is 15.1. The molecule has 0 aromatic carbocycles. The monoisotopic (exact) mass is 284 g/mol. The summed E-state index contributed by atoms with van der Waals surface area (Å²) in [5.74, 6) is -0.318. The molecule has 2 fully saturated rings. The molecule has 3 unspecified atom stereocenters. The van der Waals surface area contributed by atoms with Gasteiger partial charge in [-0.3, -0.25) is 4.79 Å². The molecule has 20 heavy (non-hydrogen) atoms. The van der Waals surface area contributed by atoms with E-state index in [0.717, 1.165) is 26.1 Å². The Kier molecular flexibility index (Phi) is 5.23. The Balaban J connectivity index is 1.77. The number of hydrogen-bond acceptors (Lipinski definition) is 3. The molecule has 0 bridgehead atoms. The maximum atomic E-state index is 12.1. The summed E-state index contributed by atoms with van der Waals surface area (Å²) in [5, 5.41) is 12.0. The van der Waals surface area contributed by atoms with Gasteiger partial charge in [-0.15, -0.1) is 0 Å². The van der Waals surface area contributed by atoms with Crippen LogP contribution in [-0.4, -0.2) is 54.9 Å². The number of hydrogen-bond donors (Lipinski definition) is 2. The lowest BCUT2D eigenvalue weighted by Gasteiger charge is -2.33. The van der Waals surface area contributed by atoms with Crippen molar-refractivity contribution in [2.24, 2.45) is 17.8 Å². The number of nitrogens with zero attached hydrogens (tertiary/aromatic N) is 1. The van der Waals surface area contributed by atoms with E-state index < -0.39 is 11.9 Å².